The number of rotatable bonds is 5. The Bertz CT molecular complexity index is 1430. The summed E-state index contributed by atoms with van der Waals surface area (Å²) in [4.78, 5) is 13.1. The van der Waals surface area contributed by atoms with Crippen LogP contribution in [-0.4, -0.2) is 37.4 Å². The molecule has 0 aliphatic heterocycles. The van der Waals surface area contributed by atoms with Gasteiger partial charge in [-0.15, -0.1) is 5.10 Å². The van der Waals surface area contributed by atoms with Gasteiger partial charge in [0.15, 0.2) is 5.69 Å². The molecule has 32 heavy (non-hydrogen) atoms. The number of hydrazone groups is 1. The maximum absolute atomic E-state index is 13.1. The van der Waals surface area contributed by atoms with Crippen LogP contribution in [0.3, 0.4) is 0 Å². The lowest BCUT2D eigenvalue weighted by Crippen LogP contribution is -2.22. The van der Waals surface area contributed by atoms with Crippen LogP contribution < -0.4 is 11.2 Å². The van der Waals surface area contributed by atoms with E-state index in [0.29, 0.717) is 11.3 Å². The van der Waals surface area contributed by atoms with Gasteiger partial charge in [-0.1, -0.05) is 78.0 Å². The van der Waals surface area contributed by atoms with Gasteiger partial charge in [0, 0.05) is 11.1 Å². The van der Waals surface area contributed by atoms with Gasteiger partial charge in [0.1, 0.15) is 5.69 Å². The minimum absolute atomic E-state index is 0.0252. The molecule has 156 valence electrons. The molecule has 2 aromatic heterocycles. The molecule has 3 aromatic carbocycles. The first-order valence-electron chi connectivity index (χ1n) is 9.63. The molecule has 0 spiro atoms. The first kappa shape index (κ1) is 19.1. The van der Waals surface area contributed by atoms with E-state index in [9.17, 15) is 4.79 Å². The summed E-state index contributed by atoms with van der Waals surface area (Å²) in [5.74, 6) is -0.515. The van der Waals surface area contributed by atoms with Gasteiger partial charge in [0.25, 0.3) is 5.91 Å². The lowest BCUT2D eigenvalue weighted by molar-refractivity contribution is 0.0948. The number of anilines is 1. The Morgan fingerprint density at radius 3 is 2.59 bits per heavy atom. The molecule has 1 amide bonds. The minimum atomic E-state index is -0.548. The standard InChI is InChI=1S/C22H16N8O2/c23-20-21(28-32-27-20)30-19(18(25-29-30)15-8-2-1-3-9-15)22(31)26-24-13-16-11-6-10-14-7-4-5-12-17(14)16/h1-13H,(H2,23,27)(H,26,31). The Morgan fingerprint density at radius 1 is 1.00 bits per heavy atom. The lowest BCUT2D eigenvalue weighted by Gasteiger charge is -2.05. The SMILES string of the molecule is Nc1nonc1-n1nnc(-c2ccccc2)c1C(=O)NN=Cc1cccc2ccccc12. The second-order valence-corrected chi connectivity index (χ2v) is 6.81. The van der Waals surface area contributed by atoms with Crippen molar-refractivity contribution < 1.29 is 9.42 Å². The largest absolute Gasteiger partial charge is 0.378 e. The highest BCUT2D eigenvalue weighted by molar-refractivity contribution is 6.02. The minimum Gasteiger partial charge on any atom is -0.378 e. The first-order valence-corrected chi connectivity index (χ1v) is 9.63. The Balaban J connectivity index is 1.50. The first-order chi connectivity index (χ1) is 15.7. The molecule has 3 N–H and O–H groups in total. The molecule has 10 heteroatoms. The van der Waals surface area contributed by atoms with Crippen molar-refractivity contribution in [2.24, 2.45) is 5.10 Å². The van der Waals surface area contributed by atoms with Gasteiger partial charge in [-0.3, -0.25) is 4.79 Å². The Hall–Kier alpha value is -4.86. The number of nitrogens with two attached hydrogens (primary N) is 1. The number of fused-ring (bicyclic) bond motifs is 1. The molecular weight excluding hydrogens is 408 g/mol. The zero-order valence-corrected chi connectivity index (χ0v) is 16.6. The monoisotopic (exact) mass is 424 g/mol. The third-order valence-corrected chi connectivity index (χ3v) is 4.82. The summed E-state index contributed by atoms with van der Waals surface area (Å²) >= 11 is 0. The van der Waals surface area contributed by atoms with Crippen molar-refractivity contribution in [3.63, 3.8) is 0 Å². The van der Waals surface area contributed by atoms with E-state index in [1.54, 1.807) is 6.21 Å². The molecule has 5 aromatic rings. The second-order valence-electron chi connectivity index (χ2n) is 6.81. The summed E-state index contributed by atoms with van der Waals surface area (Å²) in [6.07, 6.45) is 1.59. The average molecular weight is 424 g/mol. The summed E-state index contributed by atoms with van der Waals surface area (Å²) in [6.45, 7) is 0. The fourth-order valence-corrected chi connectivity index (χ4v) is 3.34. The molecule has 0 saturated heterocycles. The van der Waals surface area contributed by atoms with Crippen molar-refractivity contribution in [3.8, 4) is 17.1 Å². The van der Waals surface area contributed by atoms with E-state index >= 15 is 0 Å². The van der Waals surface area contributed by atoms with Crippen molar-refractivity contribution in [1.29, 1.82) is 0 Å². The second kappa shape index (κ2) is 8.11. The topological polar surface area (TPSA) is 137 Å². The quantitative estimate of drug-likeness (QED) is 0.327. The van der Waals surface area contributed by atoms with Crippen LogP contribution in [0.15, 0.2) is 82.5 Å². The van der Waals surface area contributed by atoms with Gasteiger partial charge in [-0.05, 0) is 21.1 Å². The third-order valence-electron chi connectivity index (χ3n) is 4.82. The Kier molecular flexibility index (Phi) is 4.85. The van der Waals surface area contributed by atoms with Crippen molar-refractivity contribution in [2.45, 2.75) is 0 Å². The highest BCUT2D eigenvalue weighted by Crippen LogP contribution is 2.24. The van der Waals surface area contributed by atoms with E-state index in [1.165, 1.54) is 4.68 Å². The molecule has 0 fully saturated rings. The molecule has 2 heterocycles. The van der Waals surface area contributed by atoms with Crippen LogP contribution in [0.25, 0.3) is 27.8 Å². The molecule has 0 unspecified atom stereocenters. The lowest BCUT2D eigenvalue weighted by atomic mass is 10.1. The number of aromatic nitrogens is 5. The molecular formula is C22H16N8O2. The number of nitrogen functional groups attached to an aromatic ring is 1. The van der Waals surface area contributed by atoms with Crippen LogP contribution >= 0.6 is 0 Å². The number of benzene rings is 3. The van der Waals surface area contributed by atoms with Crippen LogP contribution in [0, 0.1) is 0 Å². The summed E-state index contributed by atoms with van der Waals surface area (Å²) in [5, 5.41) is 21.7. The maximum atomic E-state index is 13.1. The number of nitrogens with zero attached hydrogens (tertiary/aromatic N) is 6. The van der Waals surface area contributed by atoms with Crippen LogP contribution in [-0.2, 0) is 0 Å². The maximum Gasteiger partial charge on any atom is 0.292 e. The van der Waals surface area contributed by atoms with Crippen molar-refractivity contribution in [3.05, 3.63) is 84.1 Å². The van der Waals surface area contributed by atoms with E-state index < -0.39 is 5.91 Å². The van der Waals surface area contributed by atoms with E-state index in [4.69, 9.17) is 5.73 Å². The Labute approximate surface area is 181 Å². The third kappa shape index (κ3) is 3.45. The van der Waals surface area contributed by atoms with Gasteiger partial charge in [0.2, 0.25) is 11.6 Å². The van der Waals surface area contributed by atoms with Gasteiger partial charge in [0.05, 0.1) is 6.21 Å². The fourth-order valence-electron chi connectivity index (χ4n) is 3.34. The fraction of sp³-hybridized carbons (Fsp3) is 0. The molecule has 0 radical (unpaired) electrons. The number of hydrogen-bond donors (Lipinski definition) is 2. The zero-order valence-electron chi connectivity index (χ0n) is 16.6. The van der Waals surface area contributed by atoms with Crippen molar-refractivity contribution in [2.75, 3.05) is 5.73 Å². The molecule has 0 atom stereocenters. The van der Waals surface area contributed by atoms with Gasteiger partial charge >= 0.3 is 0 Å². The molecule has 0 saturated carbocycles. The van der Waals surface area contributed by atoms with Crippen LogP contribution in [0.1, 0.15) is 16.1 Å². The van der Waals surface area contributed by atoms with Crippen molar-refractivity contribution in [1.82, 2.24) is 30.7 Å². The number of amides is 1. The predicted octanol–water partition coefficient (Wildman–Crippen LogP) is 2.82. The zero-order chi connectivity index (χ0) is 21.9. The van der Waals surface area contributed by atoms with Crippen molar-refractivity contribution >= 4 is 28.7 Å². The highest BCUT2D eigenvalue weighted by Gasteiger charge is 2.25. The Morgan fingerprint density at radius 2 is 1.78 bits per heavy atom. The molecule has 5 rings (SSSR count). The summed E-state index contributed by atoms with van der Waals surface area (Å²) in [6, 6.07) is 22.9. The van der Waals surface area contributed by atoms with E-state index in [2.05, 4.69) is 35.8 Å². The predicted molar refractivity (Wildman–Crippen MR) is 118 cm³/mol. The van der Waals surface area contributed by atoms with E-state index in [1.807, 2.05) is 72.8 Å². The highest BCUT2D eigenvalue weighted by atomic mass is 16.6. The summed E-state index contributed by atoms with van der Waals surface area (Å²) < 4.78 is 5.83. The number of carbonyl (C=O) groups excluding carboxylic acids is 1. The van der Waals surface area contributed by atoms with Crippen LogP contribution in [0.2, 0.25) is 0 Å². The smallest absolute Gasteiger partial charge is 0.292 e. The van der Waals surface area contributed by atoms with Gasteiger partial charge in [-0.25, -0.2) is 10.1 Å². The van der Waals surface area contributed by atoms with Gasteiger partial charge in [-0.2, -0.15) is 9.78 Å². The summed E-state index contributed by atoms with van der Waals surface area (Å²) in [7, 11) is 0. The normalized spacial score (nSPS) is 11.2. The molecule has 0 aliphatic carbocycles. The number of carbonyl (C=O) groups is 1. The number of hydrogen-bond acceptors (Lipinski definition) is 8. The average Bonchev–Trinajstić information content (AvgIpc) is 3.45. The van der Waals surface area contributed by atoms with E-state index in [-0.39, 0.29) is 17.3 Å². The molecule has 0 aliphatic rings. The van der Waals surface area contributed by atoms with E-state index in [0.717, 1.165) is 16.3 Å². The van der Waals surface area contributed by atoms with Crippen LogP contribution in [0.5, 0.6) is 0 Å². The van der Waals surface area contributed by atoms with Gasteiger partial charge < -0.3 is 5.73 Å². The summed E-state index contributed by atoms with van der Waals surface area (Å²) in [5.41, 5.74) is 10.3. The number of nitrogens with one attached hydrogen (secondary N) is 1. The molecule has 0 bridgehead atoms. The van der Waals surface area contributed by atoms with Crippen LogP contribution in [0.4, 0.5) is 5.82 Å². The molecule has 10 nitrogen and oxygen atoms in total.